The van der Waals surface area contributed by atoms with Gasteiger partial charge in [-0.1, -0.05) is 66.7 Å². The average Bonchev–Trinajstić information content (AvgIpc) is 3.16. The molecule has 0 saturated heterocycles. The number of aliphatic imine (C=N–C) groups is 1. The maximum Gasteiger partial charge on any atom is 0.296 e. The van der Waals surface area contributed by atoms with Crippen molar-refractivity contribution in [2.75, 3.05) is 12.1 Å². The highest BCUT2D eigenvalue weighted by Crippen LogP contribution is 2.54. The number of fused-ring (bicyclic) bond motifs is 1. The van der Waals surface area contributed by atoms with E-state index < -0.39 is 7.44 Å². The van der Waals surface area contributed by atoms with E-state index in [0.29, 0.717) is 22.7 Å². The molecule has 0 radical (unpaired) electrons. The highest BCUT2D eigenvalue weighted by Gasteiger charge is 2.43. The van der Waals surface area contributed by atoms with Crippen molar-refractivity contribution in [1.82, 2.24) is 14.5 Å². The summed E-state index contributed by atoms with van der Waals surface area (Å²) in [5.74, 6) is 1.23. The summed E-state index contributed by atoms with van der Waals surface area (Å²) in [6, 6.07) is 27.5. The van der Waals surface area contributed by atoms with Crippen LogP contribution in [0.5, 0.6) is 0 Å². The van der Waals surface area contributed by atoms with Gasteiger partial charge in [-0.25, -0.2) is 9.67 Å². The number of anilines is 1. The topological polar surface area (TPSA) is 62.5 Å². The fourth-order valence-corrected chi connectivity index (χ4v) is 6.46. The Morgan fingerprint density at radius 3 is 2.16 bits per heavy atom. The zero-order valence-corrected chi connectivity index (χ0v) is 19.1. The molecule has 32 heavy (non-hydrogen) atoms. The minimum absolute atomic E-state index is 0.593. The van der Waals surface area contributed by atoms with E-state index in [1.54, 1.807) is 9.35 Å². The summed E-state index contributed by atoms with van der Waals surface area (Å²) in [6.45, 7) is 3.90. The van der Waals surface area contributed by atoms with Crippen LogP contribution in [0.2, 0.25) is 0 Å². The Labute approximate surface area is 187 Å². The van der Waals surface area contributed by atoms with Gasteiger partial charge in [-0.15, -0.1) is 0 Å². The molecule has 2 heterocycles. The van der Waals surface area contributed by atoms with E-state index in [0.717, 1.165) is 22.5 Å². The van der Waals surface area contributed by atoms with Crippen molar-refractivity contribution >= 4 is 30.1 Å². The molecule has 7 heteroatoms. The standard InChI is InChI=1S/C25H24N5OP/c1-18-12-10-11-17-22(18)28-32(31)23-19(2)27-30(21-15-8-5-9-16-21)25(23)26-24(29(32)3)20-13-6-4-7-14-20/h4-17H,1-3H3,(H,28,31). The van der Waals surface area contributed by atoms with Crippen LogP contribution < -0.4 is 10.4 Å². The van der Waals surface area contributed by atoms with Crippen molar-refractivity contribution in [3.63, 3.8) is 0 Å². The second-order valence-corrected chi connectivity index (χ2v) is 10.3. The first-order valence-corrected chi connectivity index (χ1v) is 12.1. The molecule has 160 valence electrons. The third-order valence-corrected chi connectivity index (χ3v) is 8.41. The lowest BCUT2D eigenvalue weighted by Crippen LogP contribution is -2.36. The summed E-state index contributed by atoms with van der Waals surface area (Å²) in [5, 5.41) is 8.77. The lowest BCUT2D eigenvalue weighted by Gasteiger charge is -2.35. The van der Waals surface area contributed by atoms with E-state index in [4.69, 9.17) is 10.1 Å². The number of hydrogen-bond acceptors (Lipinski definition) is 3. The molecular formula is C25H24N5OP. The van der Waals surface area contributed by atoms with Crippen LogP contribution in [0.1, 0.15) is 16.8 Å². The van der Waals surface area contributed by atoms with Crippen LogP contribution in [0.4, 0.5) is 11.5 Å². The Bertz CT molecular complexity index is 1360. The van der Waals surface area contributed by atoms with E-state index >= 15 is 0 Å². The first kappa shape index (κ1) is 20.3. The number of aryl methyl sites for hydroxylation is 2. The SMILES string of the molecule is Cc1ccccc1NP1(=O)c2c(C)nn(-c3ccccc3)c2N=C(c2ccccc2)N1C. The number of amidine groups is 1. The molecule has 4 aromatic rings. The maximum atomic E-state index is 14.8. The summed E-state index contributed by atoms with van der Waals surface area (Å²) < 4.78 is 18.4. The molecule has 0 fully saturated rings. The zero-order valence-electron chi connectivity index (χ0n) is 18.2. The Balaban J connectivity index is 1.77. The van der Waals surface area contributed by atoms with Crippen LogP contribution in [-0.4, -0.2) is 27.3 Å². The van der Waals surface area contributed by atoms with Gasteiger partial charge in [0, 0.05) is 18.3 Å². The molecule has 1 N–H and O–H groups in total. The van der Waals surface area contributed by atoms with Gasteiger partial charge in [0.15, 0.2) is 5.82 Å². The normalized spacial score (nSPS) is 17.6. The van der Waals surface area contributed by atoms with Gasteiger partial charge >= 0.3 is 0 Å². The molecule has 0 bridgehead atoms. The number of nitrogens with zero attached hydrogens (tertiary/aromatic N) is 4. The van der Waals surface area contributed by atoms with Gasteiger partial charge in [0.05, 0.1) is 11.4 Å². The summed E-state index contributed by atoms with van der Waals surface area (Å²) in [4.78, 5) is 4.98. The summed E-state index contributed by atoms with van der Waals surface area (Å²) in [7, 11) is -1.50. The van der Waals surface area contributed by atoms with E-state index in [-0.39, 0.29) is 0 Å². The first-order valence-electron chi connectivity index (χ1n) is 10.5. The molecule has 3 aromatic carbocycles. The van der Waals surface area contributed by atoms with Gasteiger partial charge in [0.25, 0.3) is 7.44 Å². The highest BCUT2D eigenvalue weighted by atomic mass is 31.2. The van der Waals surface area contributed by atoms with Crippen molar-refractivity contribution in [2.24, 2.45) is 4.99 Å². The predicted octanol–water partition coefficient (Wildman–Crippen LogP) is 5.44. The van der Waals surface area contributed by atoms with Crippen LogP contribution in [0.15, 0.2) is 89.9 Å². The third-order valence-electron chi connectivity index (χ3n) is 5.70. The molecule has 1 aromatic heterocycles. The molecule has 0 aliphatic carbocycles. The molecule has 6 nitrogen and oxygen atoms in total. The van der Waals surface area contributed by atoms with Gasteiger partial charge in [0.2, 0.25) is 0 Å². The Morgan fingerprint density at radius 1 is 0.844 bits per heavy atom. The molecule has 1 aliphatic rings. The minimum atomic E-state index is -3.33. The third kappa shape index (κ3) is 3.24. The summed E-state index contributed by atoms with van der Waals surface area (Å²) in [6.07, 6.45) is 0. The Kier molecular flexibility index (Phi) is 4.95. The van der Waals surface area contributed by atoms with Gasteiger partial charge in [-0.05, 0) is 37.6 Å². The molecule has 0 spiro atoms. The highest BCUT2D eigenvalue weighted by molar-refractivity contribution is 7.72. The van der Waals surface area contributed by atoms with Crippen LogP contribution >= 0.6 is 7.44 Å². The van der Waals surface area contributed by atoms with E-state index in [9.17, 15) is 4.57 Å². The number of hydrogen-bond donors (Lipinski definition) is 1. The number of para-hydroxylation sites is 2. The summed E-state index contributed by atoms with van der Waals surface area (Å²) in [5.41, 5.74) is 4.31. The van der Waals surface area contributed by atoms with Crippen molar-refractivity contribution in [1.29, 1.82) is 0 Å². The Morgan fingerprint density at radius 2 is 1.47 bits per heavy atom. The fraction of sp³-hybridized carbons (Fsp3) is 0.120. The second kappa shape index (κ2) is 7.81. The van der Waals surface area contributed by atoms with Crippen molar-refractivity contribution in [3.05, 3.63) is 102 Å². The molecule has 1 aliphatic heterocycles. The van der Waals surface area contributed by atoms with Crippen molar-refractivity contribution < 1.29 is 4.57 Å². The van der Waals surface area contributed by atoms with E-state index in [1.165, 1.54) is 0 Å². The van der Waals surface area contributed by atoms with E-state index in [2.05, 4.69) is 5.09 Å². The van der Waals surface area contributed by atoms with Gasteiger partial charge in [-0.2, -0.15) is 5.10 Å². The number of nitrogens with one attached hydrogen (secondary N) is 1. The molecule has 1 atom stereocenters. The monoisotopic (exact) mass is 441 g/mol. The van der Waals surface area contributed by atoms with Crippen molar-refractivity contribution in [3.8, 4) is 5.69 Å². The lowest BCUT2D eigenvalue weighted by molar-refractivity contribution is 0.553. The fourth-order valence-electron chi connectivity index (χ4n) is 4.00. The smallest absolute Gasteiger partial charge is 0.296 e. The summed E-state index contributed by atoms with van der Waals surface area (Å²) >= 11 is 0. The largest absolute Gasteiger partial charge is 0.316 e. The van der Waals surface area contributed by atoms with Crippen LogP contribution in [0, 0.1) is 13.8 Å². The average molecular weight is 441 g/mol. The van der Waals surface area contributed by atoms with Crippen LogP contribution in [0.3, 0.4) is 0 Å². The molecule has 1 unspecified atom stereocenters. The van der Waals surface area contributed by atoms with E-state index in [1.807, 2.05) is 106 Å². The molecular weight excluding hydrogens is 417 g/mol. The first-order chi connectivity index (χ1) is 15.5. The van der Waals surface area contributed by atoms with Gasteiger partial charge < -0.3 is 5.09 Å². The number of benzene rings is 3. The quantitative estimate of drug-likeness (QED) is 0.428. The molecule has 5 rings (SSSR count). The van der Waals surface area contributed by atoms with Crippen LogP contribution in [0.25, 0.3) is 5.69 Å². The molecule has 0 saturated carbocycles. The second-order valence-electron chi connectivity index (χ2n) is 7.83. The minimum Gasteiger partial charge on any atom is -0.316 e. The lowest BCUT2D eigenvalue weighted by atomic mass is 10.2. The Hall–Kier alpha value is -3.63. The number of rotatable bonds is 4. The maximum absolute atomic E-state index is 14.8. The zero-order chi connectivity index (χ0) is 22.3. The van der Waals surface area contributed by atoms with Crippen molar-refractivity contribution in [2.45, 2.75) is 13.8 Å². The predicted molar refractivity (Wildman–Crippen MR) is 131 cm³/mol. The number of aromatic nitrogens is 2. The van der Waals surface area contributed by atoms with Gasteiger partial charge in [0.1, 0.15) is 11.1 Å². The van der Waals surface area contributed by atoms with Crippen LogP contribution in [-0.2, 0) is 4.57 Å². The molecule has 0 amide bonds. The van der Waals surface area contributed by atoms with Gasteiger partial charge in [-0.3, -0.25) is 9.24 Å².